The molecule has 0 bridgehead atoms. The van der Waals surface area contributed by atoms with Crippen LogP contribution in [-0.4, -0.2) is 36.3 Å². The minimum absolute atomic E-state index is 0.00900. The van der Waals surface area contributed by atoms with Crippen LogP contribution in [0, 0.1) is 5.41 Å². The second kappa shape index (κ2) is 6.10. The van der Waals surface area contributed by atoms with Crippen molar-refractivity contribution in [3.63, 3.8) is 0 Å². The first-order valence-electron chi connectivity index (χ1n) is 6.75. The van der Waals surface area contributed by atoms with Gasteiger partial charge in [0, 0.05) is 6.20 Å². The molecule has 1 aromatic rings. The topological polar surface area (TPSA) is 92.7 Å². The minimum Gasteiger partial charge on any atom is -0.397 e. The second-order valence-electron chi connectivity index (χ2n) is 5.57. The van der Waals surface area contributed by atoms with E-state index in [0.29, 0.717) is 11.5 Å². The predicted octanol–water partition coefficient (Wildman–Crippen LogP) is 0.865. The van der Waals surface area contributed by atoms with Crippen LogP contribution in [0.3, 0.4) is 0 Å². The molecule has 24 heavy (non-hydrogen) atoms. The summed E-state index contributed by atoms with van der Waals surface area (Å²) in [6.45, 7) is 3.00. The van der Waals surface area contributed by atoms with Crippen LogP contribution in [0.5, 0.6) is 0 Å². The molecule has 6 nitrogen and oxygen atoms in total. The summed E-state index contributed by atoms with van der Waals surface area (Å²) < 4.78 is 39.6. The van der Waals surface area contributed by atoms with Crippen molar-refractivity contribution in [3.05, 3.63) is 30.1 Å². The molecule has 1 aromatic heterocycles. The number of hydrazone groups is 1. The molecule has 0 spiro atoms. The summed E-state index contributed by atoms with van der Waals surface area (Å²) in [5.41, 5.74) is 5.48. The number of allylic oxidation sites excluding steroid dienone is 2. The highest BCUT2D eigenvalue weighted by Crippen LogP contribution is 2.27. The van der Waals surface area contributed by atoms with E-state index in [4.69, 9.17) is 13.6 Å². The van der Waals surface area contributed by atoms with Crippen molar-refractivity contribution in [2.24, 2.45) is 21.2 Å². The maximum atomic E-state index is 13.2. The molecule has 1 aliphatic heterocycles. The van der Waals surface area contributed by atoms with Gasteiger partial charge in [0.2, 0.25) is 0 Å². The van der Waals surface area contributed by atoms with Gasteiger partial charge in [0.1, 0.15) is 13.6 Å². The van der Waals surface area contributed by atoms with Crippen molar-refractivity contribution >= 4 is 36.5 Å². The summed E-state index contributed by atoms with van der Waals surface area (Å²) in [5.74, 6) is -0.637. The van der Waals surface area contributed by atoms with Gasteiger partial charge in [-0.25, -0.2) is 15.4 Å². The first kappa shape index (κ1) is 17.7. The Morgan fingerprint density at radius 2 is 2.08 bits per heavy atom. The van der Waals surface area contributed by atoms with Crippen molar-refractivity contribution in [3.8, 4) is 0 Å². The molecule has 1 amide bonds. The lowest BCUT2D eigenvalue weighted by atomic mass is 9.85. The molecule has 2 rings (SSSR count). The smallest absolute Gasteiger partial charge is 0.397 e. The van der Waals surface area contributed by atoms with Gasteiger partial charge in [-0.2, -0.15) is 18.3 Å². The monoisotopic (exact) mass is 335 g/mol. The maximum absolute atomic E-state index is 13.2. The van der Waals surface area contributed by atoms with Gasteiger partial charge >= 0.3 is 6.18 Å². The Balaban J connectivity index is 2.43. The number of amides is 1. The fourth-order valence-electron chi connectivity index (χ4n) is 1.90. The van der Waals surface area contributed by atoms with Crippen LogP contribution < -0.4 is 16.6 Å². The van der Waals surface area contributed by atoms with Crippen LogP contribution in [0.15, 0.2) is 40.2 Å². The van der Waals surface area contributed by atoms with Gasteiger partial charge in [0.05, 0.1) is 16.8 Å². The highest BCUT2D eigenvalue weighted by atomic mass is 19.4. The number of carbonyl (C=O) groups is 1. The molecule has 124 valence electrons. The third kappa shape index (κ3) is 3.63. The van der Waals surface area contributed by atoms with Gasteiger partial charge in [0.15, 0.2) is 5.82 Å². The first-order chi connectivity index (χ1) is 11.0. The molecule has 0 fully saturated rings. The van der Waals surface area contributed by atoms with E-state index in [9.17, 15) is 18.0 Å². The molecule has 2 radical (unpaired) electrons. The number of rotatable bonds is 3. The lowest BCUT2D eigenvalue weighted by Gasteiger charge is -2.17. The highest BCUT2D eigenvalue weighted by molar-refractivity contribution is 6.32. The van der Waals surface area contributed by atoms with Gasteiger partial charge in [-0.3, -0.25) is 4.79 Å². The van der Waals surface area contributed by atoms with Crippen LogP contribution in [0.25, 0.3) is 0 Å². The normalized spacial score (nSPS) is 18.4. The Kier molecular flexibility index (Phi) is 4.50. The Labute approximate surface area is 137 Å². The van der Waals surface area contributed by atoms with Crippen molar-refractivity contribution < 1.29 is 18.0 Å². The van der Waals surface area contributed by atoms with Gasteiger partial charge in [0.25, 0.3) is 5.91 Å². The van der Waals surface area contributed by atoms with Crippen molar-refractivity contribution in [2.75, 3.05) is 0 Å². The van der Waals surface area contributed by atoms with E-state index < -0.39 is 23.2 Å². The molecule has 1 aliphatic rings. The summed E-state index contributed by atoms with van der Waals surface area (Å²) in [4.78, 5) is 18.8. The lowest BCUT2D eigenvalue weighted by Crippen LogP contribution is -2.35. The van der Waals surface area contributed by atoms with Crippen LogP contribution in [0.2, 0.25) is 0 Å². The zero-order chi connectivity index (χ0) is 18.1. The summed E-state index contributed by atoms with van der Waals surface area (Å²) in [7, 11) is 5.43. The second-order valence-corrected chi connectivity index (χ2v) is 5.57. The SMILES string of the molecule is [B]c1ccc(N=C(/C=C(\N)C2=NNC(=O)C2(C)C)C(F)(F)F)nc1. The molecule has 0 aromatic carbocycles. The zero-order valence-corrected chi connectivity index (χ0v) is 12.8. The van der Waals surface area contributed by atoms with Crippen molar-refractivity contribution in [1.82, 2.24) is 10.4 Å². The van der Waals surface area contributed by atoms with Gasteiger partial charge < -0.3 is 5.73 Å². The first-order valence-corrected chi connectivity index (χ1v) is 6.75. The molecule has 0 saturated heterocycles. The van der Waals surface area contributed by atoms with E-state index >= 15 is 0 Å². The Bertz CT molecular complexity index is 751. The van der Waals surface area contributed by atoms with E-state index in [-0.39, 0.29) is 17.2 Å². The molecule has 0 atom stereocenters. The van der Waals surface area contributed by atoms with Crippen molar-refractivity contribution in [1.29, 1.82) is 0 Å². The number of carbonyl (C=O) groups excluding carboxylic acids is 1. The summed E-state index contributed by atoms with van der Waals surface area (Å²) >= 11 is 0. The van der Waals surface area contributed by atoms with E-state index in [1.54, 1.807) is 0 Å². The Morgan fingerprint density at radius 3 is 2.54 bits per heavy atom. The number of nitrogens with one attached hydrogen (secondary N) is 1. The molecule has 3 N–H and O–H groups in total. The van der Waals surface area contributed by atoms with Crippen LogP contribution >= 0.6 is 0 Å². The van der Waals surface area contributed by atoms with Crippen molar-refractivity contribution in [2.45, 2.75) is 20.0 Å². The van der Waals surface area contributed by atoms with Crippen LogP contribution in [0.1, 0.15) is 13.8 Å². The molecular weight excluding hydrogens is 322 g/mol. The molecular formula is C14H13BF3N5O. The number of nitrogens with zero attached hydrogens (tertiary/aromatic N) is 3. The van der Waals surface area contributed by atoms with Gasteiger partial charge in [-0.15, -0.1) is 0 Å². The number of aromatic nitrogens is 1. The number of alkyl halides is 3. The molecule has 0 aliphatic carbocycles. The van der Waals surface area contributed by atoms with E-state index in [1.165, 1.54) is 32.2 Å². The van der Waals surface area contributed by atoms with E-state index in [0.717, 1.165) is 0 Å². The molecule has 2 heterocycles. The standard InChI is InChI=1S/C14H13BF3N5O/c1-13(2)11(22-23-12(13)24)8(19)5-9(14(16,17)18)21-10-4-3-7(15)6-20-10/h3-6H,19H2,1-2H3,(H,23,24)/b8-5-,21-9?. The number of aliphatic imine (C=N–C) groups is 1. The summed E-state index contributed by atoms with van der Waals surface area (Å²) in [6.07, 6.45) is -2.96. The average molecular weight is 335 g/mol. The highest BCUT2D eigenvalue weighted by Gasteiger charge is 2.41. The minimum atomic E-state index is -4.77. The number of hydrogen-bond donors (Lipinski definition) is 2. The van der Waals surface area contributed by atoms with Crippen LogP contribution in [0.4, 0.5) is 19.0 Å². The van der Waals surface area contributed by atoms with Gasteiger partial charge in [-0.1, -0.05) is 11.5 Å². The Morgan fingerprint density at radius 1 is 1.42 bits per heavy atom. The third-order valence-electron chi connectivity index (χ3n) is 3.29. The molecule has 10 heteroatoms. The number of halogens is 3. The molecule has 0 saturated carbocycles. The average Bonchev–Trinajstić information content (AvgIpc) is 2.73. The van der Waals surface area contributed by atoms with E-state index in [1.807, 2.05) is 0 Å². The number of nitrogens with two attached hydrogens (primary N) is 1. The fourth-order valence-corrected chi connectivity index (χ4v) is 1.90. The maximum Gasteiger partial charge on any atom is 0.433 e. The number of hydrogen-bond acceptors (Lipinski definition) is 5. The lowest BCUT2D eigenvalue weighted by molar-refractivity contribution is -0.125. The third-order valence-corrected chi connectivity index (χ3v) is 3.29. The zero-order valence-electron chi connectivity index (χ0n) is 12.8. The largest absolute Gasteiger partial charge is 0.433 e. The number of pyridine rings is 1. The summed E-state index contributed by atoms with van der Waals surface area (Å²) in [6, 6.07) is 2.62. The summed E-state index contributed by atoms with van der Waals surface area (Å²) in [5, 5.41) is 3.69. The quantitative estimate of drug-likeness (QED) is 0.634. The Hall–Kier alpha value is -2.65. The predicted molar refractivity (Wildman–Crippen MR) is 84.4 cm³/mol. The molecule has 0 unspecified atom stereocenters. The fraction of sp³-hybridized carbons (Fsp3) is 0.286. The van der Waals surface area contributed by atoms with Gasteiger partial charge in [-0.05, 0) is 26.0 Å². The van der Waals surface area contributed by atoms with Crippen LogP contribution in [-0.2, 0) is 4.79 Å². The van der Waals surface area contributed by atoms with E-state index in [2.05, 4.69) is 20.5 Å².